The molecule has 0 saturated heterocycles. The van der Waals surface area contributed by atoms with E-state index in [2.05, 4.69) is 0 Å². The van der Waals surface area contributed by atoms with E-state index in [0.29, 0.717) is 0 Å². The van der Waals surface area contributed by atoms with Crippen LogP contribution in [0.3, 0.4) is 0 Å². The SMILES string of the molecule is CCOC(=O)[C@@H]1C(=O)C[C@@](C)(O)[C@H](C(=O)OCC)[C@@H]1c1ccco1. The fraction of sp³-hybridized carbons (Fsp3) is 0.588. The third-order valence-electron chi connectivity index (χ3n) is 4.22. The predicted octanol–water partition coefficient (Wildman–Crippen LogP) is 1.45. The van der Waals surface area contributed by atoms with Crippen molar-refractivity contribution in [1.82, 2.24) is 0 Å². The second-order valence-corrected chi connectivity index (χ2v) is 6.00. The van der Waals surface area contributed by atoms with E-state index in [4.69, 9.17) is 13.9 Å². The Balaban J connectivity index is 2.53. The molecule has 0 bridgehead atoms. The topological polar surface area (TPSA) is 103 Å². The minimum atomic E-state index is -1.65. The number of rotatable bonds is 5. The van der Waals surface area contributed by atoms with E-state index in [0.717, 1.165) is 0 Å². The summed E-state index contributed by atoms with van der Waals surface area (Å²) in [5.41, 5.74) is -1.65. The Kier molecular flexibility index (Phi) is 5.43. The molecule has 1 N–H and O–H groups in total. The highest BCUT2D eigenvalue weighted by Crippen LogP contribution is 2.46. The van der Waals surface area contributed by atoms with Crippen LogP contribution >= 0.6 is 0 Å². The molecule has 7 nitrogen and oxygen atoms in total. The molecule has 1 aliphatic rings. The number of ether oxygens (including phenoxy) is 2. The first-order valence-corrected chi connectivity index (χ1v) is 7.95. The maximum Gasteiger partial charge on any atom is 0.317 e. The van der Waals surface area contributed by atoms with Crippen molar-refractivity contribution >= 4 is 17.7 Å². The summed E-state index contributed by atoms with van der Waals surface area (Å²) in [7, 11) is 0. The summed E-state index contributed by atoms with van der Waals surface area (Å²) in [6.45, 7) is 4.89. The van der Waals surface area contributed by atoms with Gasteiger partial charge in [0.1, 0.15) is 11.7 Å². The van der Waals surface area contributed by atoms with Gasteiger partial charge < -0.3 is 19.0 Å². The van der Waals surface area contributed by atoms with Crippen molar-refractivity contribution < 1.29 is 33.4 Å². The van der Waals surface area contributed by atoms with E-state index >= 15 is 0 Å². The normalized spacial score (nSPS) is 30.0. The minimum Gasteiger partial charge on any atom is -0.469 e. The average Bonchev–Trinajstić information content (AvgIpc) is 2.99. The second-order valence-electron chi connectivity index (χ2n) is 6.00. The van der Waals surface area contributed by atoms with Crippen LogP contribution in [0, 0.1) is 11.8 Å². The largest absolute Gasteiger partial charge is 0.469 e. The number of Topliss-reactive ketones (excluding diaryl/α,β-unsaturated/α-hetero) is 1. The highest BCUT2D eigenvalue weighted by atomic mass is 16.5. The first-order chi connectivity index (χ1) is 11.3. The smallest absolute Gasteiger partial charge is 0.317 e. The molecule has 0 aromatic carbocycles. The Morgan fingerprint density at radius 1 is 1.29 bits per heavy atom. The van der Waals surface area contributed by atoms with Crippen molar-refractivity contribution in [2.75, 3.05) is 13.2 Å². The van der Waals surface area contributed by atoms with Crippen LogP contribution in [0.15, 0.2) is 22.8 Å². The van der Waals surface area contributed by atoms with Crippen LogP contribution in [0.2, 0.25) is 0 Å². The molecule has 1 aromatic heterocycles. The number of esters is 2. The van der Waals surface area contributed by atoms with Crippen molar-refractivity contribution in [3.63, 3.8) is 0 Å². The van der Waals surface area contributed by atoms with E-state index < -0.39 is 41.1 Å². The zero-order valence-corrected chi connectivity index (χ0v) is 14.0. The molecule has 1 saturated carbocycles. The number of hydrogen-bond donors (Lipinski definition) is 1. The maximum absolute atomic E-state index is 12.5. The molecule has 0 spiro atoms. The lowest BCUT2D eigenvalue weighted by molar-refractivity contribution is -0.173. The molecule has 2 rings (SSSR count). The molecule has 7 heteroatoms. The van der Waals surface area contributed by atoms with E-state index in [1.807, 2.05) is 0 Å². The van der Waals surface area contributed by atoms with Crippen LogP contribution < -0.4 is 0 Å². The molecular formula is C17H22O7. The molecule has 1 fully saturated rings. The standard InChI is InChI=1S/C17H22O7/c1-4-22-15(19)12-10(18)9-17(3,21)14(16(20)23-5-2)13(12)11-7-6-8-24-11/h6-8,12-14,21H,4-5,9H2,1-3H3/t12-,13-,14+,17-/m1/s1. The summed E-state index contributed by atoms with van der Waals surface area (Å²) >= 11 is 0. The molecule has 0 aliphatic heterocycles. The third-order valence-corrected chi connectivity index (χ3v) is 4.22. The lowest BCUT2D eigenvalue weighted by Gasteiger charge is -2.42. The molecule has 1 heterocycles. The fourth-order valence-corrected chi connectivity index (χ4v) is 3.30. The van der Waals surface area contributed by atoms with E-state index in [9.17, 15) is 19.5 Å². The third kappa shape index (κ3) is 3.36. The maximum atomic E-state index is 12.5. The molecule has 24 heavy (non-hydrogen) atoms. The first kappa shape index (κ1) is 18.2. The van der Waals surface area contributed by atoms with Gasteiger partial charge in [0, 0.05) is 6.42 Å². The Morgan fingerprint density at radius 2 is 1.92 bits per heavy atom. The average molecular weight is 338 g/mol. The Bertz CT molecular complexity index is 602. The van der Waals surface area contributed by atoms with Gasteiger partial charge in [0.25, 0.3) is 0 Å². The molecule has 4 atom stereocenters. The minimum absolute atomic E-state index is 0.105. The summed E-state index contributed by atoms with van der Waals surface area (Å²) < 4.78 is 15.4. The predicted molar refractivity (Wildman–Crippen MR) is 81.9 cm³/mol. The first-order valence-electron chi connectivity index (χ1n) is 7.95. The van der Waals surface area contributed by atoms with Gasteiger partial charge >= 0.3 is 11.9 Å². The highest BCUT2D eigenvalue weighted by molar-refractivity contribution is 6.02. The molecule has 132 valence electrons. The number of furan rings is 1. The van der Waals surface area contributed by atoms with Gasteiger partial charge in [-0.15, -0.1) is 0 Å². The fourth-order valence-electron chi connectivity index (χ4n) is 3.30. The quantitative estimate of drug-likeness (QED) is 0.640. The van der Waals surface area contributed by atoms with Gasteiger partial charge in [-0.2, -0.15) is 0 Å². The van der Waals surface area contributed by atoms with Crippen molar-refractivity contribution in [2.45, 2.75) is 38.7 Å². The Hall–Kier alpha value is -2.15. The van der Waals surface area contributed by atoms with Gasteiger partial charge in [0.05, 0.1) is 36.9 Å². The summed E-state index contributed by atoms with van der Waals surface area (Å²) in [6.07, 6.45) is 1.05. The number of carbonyl (C=O) groups excluding carboxylic acids is 3. The highest BCUT2D eigenvalue weighted by Gasteiger charge is 2.58. The Labute approximate surface area is 139 Å². The molecule has 1 aliphatic carbocycles. The van der Waals surface area contributed by atoms with Crippen LogP contribution in [0.5, 0.6) is 0 Å². The van der Waals surface area contributed by atoms with E-state index in [1.54, 1.807) is 26.0 Å². The Morgan fingerprint density at radius 3 is 2.46 bits per heavy atom. The molecule has 0 unspecified atom stereocenters. The second kappa shape index (κ2) is 7.17. The van der Waals surface area contributed by atoms with Crippen LogP contribution in [-0.4, -0.2) is 41.6 Å². The van der Waals surface area contributed by atoms with Gasteiger partial charge in [0.15, 0.2) is 5.78 Å². The van der Waals surface area contributed by atoms with Crippen LogP contribution in [0.25, 0.3) is 0 Å². The van der Waals surface area contributed by atoms with Crippen LogP contribution in [0.4, 0.5) is 0 Å². The zero-order valence-electron chi connectivity index (χ0n) is 14.0. The lowest BCUT2D eigenvalue weighted by atomic mass is 9.63. The van der Waals surface area contributed by atoms with Crippen LogP contribution in [-0.2, 0) is 23.9 Å². The van der Waals surface area contributed by atoms with Crippen molar-refractivity contribution in [3.8, 4) is 0 Å². The lowest BCUT2D eigenvalue weighted by Crippen LogP contribution is -2.55. The zero-order chi connectivity index (χ0) is 17.9. The van der Waals surface area contributed by atoms with Gasteiger partial charge in [-0.3, -0.25) is 14.4 Å². The number of hydrogen-bond acceptors (Lipinski definition) is 7. The summed E-state index contributed by atoms with van der Waals surface area (Å²) in [6, 6.07) is 3.16. The van der Waals surface area contributed by atoms with Crippen molar-refractivity contribution in [1.29, 1.82) is 0 Å². The van der Waals surface area contributed by atoms with Crippen molar-refractivity contribution in [3.05, 3.63) is 24.2 Å². The van der Waals surface area contributed by atoms with E-state index in [1.165, 1.54) is 13.2 Å². The summed E-state index contributed by atoms with van der Waals surface area (Å²) in [4.78, 5) is 37.3. The molecule has 1 aromatic rings. The van der Waals surface area contributed by atoms with Gasteiger partial charge in [-0.1, -0.05) is 0 Å². The number of ketones is 1. The monoisotopic (exact) mass is 338 g/mol. The summed E-state index contributed by atoms with van der Waals surface area (Å²) in [5, 5.41) is 10.7. The number of aliphatic hydroxyl groups is 1. The molecule has 0 radical (unpaired) electrons. The van der Waals surface area contributed by atoms with Crippen molar-refractivity contribution in [2.24, 2.45) is 11.8 Å². The number of carbonyl (C=O) groups is 3. The van der Waals surface area contributed by atoms with Crippen LogP contribution in [0.1, 0.15) is 38.9 Å². The summed E-state index contributed by atoms with van der Waals surface area (Å²) in [5.74, 6) is -4.94. The molecular weight excluding hydrogens is 316 g/mol. The van der Waals surface area contributed by atoms with Gasteiger partial charge in [-0.05, 0) is 32.9 Å². The molecule has 0 amide bonds. The van der Waals surface area contributed by atoms with E-state index in [-0.39, 0.29) is 25.4 Å². The van der Waals surface area contributed by atoms with Gasteiger partial charge in [0.2, 0.25) is 0 Å². The van der Waals surface area contributed by atoms with Gasteiger partial charge in [-0.25, -0.2) is 0 Å².